The van der Waals surface area contributed by atoms with Gasteiger partial charge in [0.05, 0.1) is 3.79 Å². The highest BCUT2D eigenvalue weighted by Crippen LogP contribution is 2.24. The number of halogens is 1. The number of rotatable bonds is 5. The van der Waals surface area contributed by atoms with Crippen molar-refractivity contribution in [1.29, 1.82) is 0 Å². The molecule has 0 bridgehead atoms. The van der Waals surface area contributed by atoms with Crippen molar-refractivity contribution in [2.45, 2.75) is 38.1 Å². The maximum absolute atomic E-state index is 12.0. The summed E-state index contributed by atoms with van der Waals surface area (Å²) >= 11 is 5.08. The van der Waals surface area contributed by atoms with Crippen LogP contribution in [0.3, 0.4) is 0 Å². The van der Waals surface area contributed by atoms with Gasteiger partial charge in [-0.3, -0.25) is 4.79 Å². The summed E-state index contributed by atoms with van der Waals surface area (Å²) in [5, 5.41) is 9.04. The van der Waals surface area contributed by atoms with Crippen molar-refractivity contribution < 1.29 is 14.7 Å². The van der Waals surface area contributed by atoms with Crippen LogP contribution in [0, 0.1) is 0 Å². The minimum atomic E-state index is -0.881. The Morgan fingerprint density at radius 3 is 2.89 bits per heavy atom. The molecule has 1 aliphatic rings. The zero-order valence-corrected chi connectivity index (χ0v) is 12.9. The van der Waals surface area contributed by atoms with Gasteiger partial charge in [0.1, 0.15) is 6.04 Å². The monoisotopic (exact) mass is 345 g/mol. The first-order valence-corrected chi connectivity index (χ1v) is 7.95. The number of thiophene rings is 1. The fourth-order valence-electron chi connectivity index (χ4n) is 2.37. The van der Waals surface area contributed by atoms with E-state index < -0.39 is 12.0 Å². The molecule has 0 radical (unpaired) electrons. The molecule has 1 amide bonds. The van der Waals surface area contributed by atoms with E-state index in [4.69, 9.17) is 5.11 Å². The molecule has 1 atom stereocenters. The summed E-state index contributed by atoms with van der Waals surface area (Å²) in [6.45, 7) is 0.584. The number of hydrogen-bond donors (Lipinski definition) is 1. The lowest BCUT2D eigenvalue weighted by atomic mass is 10.2. The Morgan fingerprint density at radius 2 is 2.26 bits per heavy atom. The third kappa shape index (κ3) is 3.79. The Labute approximate surface area is 124 Å². The Morgan fingerprint density at radius 1 is 1.47 bits per heavy atom. The summed E-state index contributed by atoms with van der Waals surface area (Å²) in [6.07, 6.45) is 3.45. The van der Waals surface area contributed by atoms with Gasteiger partial charge in [0.15, 0.2) is 0 Å². The summed E-state index contributed by atoms with van der Waals surface area (Å²) in [5.41, 5.74) is 0. The first kappa shape index (κ1) is 14.5. The van der Waals surface area contributed by atoms with Crippen molar-refractivity contribution in [3.8, 4) is 0 Å². The number of likely N-dealkylation sites (tertiary alicyclic amines) is 1. The average Bonchev–Trinajstić information content (AvgIpc) is 2.97. The predicted octanol–water partition coefficient (Wildman–Crippen LogP) is 2.91. The van der Waals surface area contributed by atoms with E-state index >= 15 is 0 Å². The number of carboxylic acid groups (broad SMARTS) is 1. The lowest BCUT2D eigenvalue weighted by Crippen LogP contribution is -2.40. The summed E-state index contributed by atoms with van der Waals surface area (Å²) in [4.78, 5) is 25.8. The van der Waals surface area contributed by atoms with Crippen LogP contribution in [0.25, 0.3) is 0 Å². The van der Waals surface area contributed by atoms with Crippen LogP contribution < -0.4 is 0 Å². The number of nitrogens with zero attached hydrogens (tertiary/aromatic N) is 1. The van der Waals surface area contributed by atoms with E-state index in [1.54, 1.807) is 11.3 Å². The standard InChI is InChI=1S/C13H16BrNO3S/c14-11-7-6-9(19-11)3-1-5-12(16)15-8-2-4-10(15)13(17)18/h6-7,10H,1-5,8H2,(H,17,18)/t10-/m1/s1. The van der Waals surface area contributed by atoms with Gasteiger partial charge < -0.3 is 10.0 Å². The van der Waals surface area contributed by atoms with Crippen LogP contribution in [0.4, 0.5) is 0 Å². The van der Waals surface area contributed by atoms with Crippen molar-refractivity contribution in [2.75, 3.05) is 6.54 Å². The van der Waals surface area contributed by atoms with Crippen molar-refractivity contribution >= 4 is 39.1 Å². The summed E-state index contributed by atoms with van der Waals surface area (Å²) < 4.78 is 1.10. The smallest absolute Gasteiger partial charge is 0.326 e. The maximum atomic E-state index is 12.0. The lowest BCUT2D eigenvalue weighted by Gasteiger charge is -2.21. The Hall–Kier alpha value is -0.880. The normalized spacial score (nSPS) is 18.8. The molecule has 0 saturated carbocycles. The Kier molecular flexibility index (Phi) is 4.99. The van der Waals surface area contributed by atoms with Crippen LogP contribution in [-0.4, -0.2) is 34.5 Å². The largest absolute Gasteiger partial charge is 0.480 e. The second kappa shape index (κ2) is 6.52. The third-order valence-corrected chi connectivity index (χ3v) is 4.98. The minimum Gasteiger partial charge on any atom is -0.480 e. The van der Waals surface area contributed by atoms with E-state index in [0.717, 1.165) is 23.0 Å². The maximum Gasteiger partial charge on any atom is 0.326 e. The number of carbonyl (C=O) groups excluding carboxylic acids is 1. The van der Waals surface area contributed by atoms with E-state index in [1.807, 2.05) is 6.07 Å². The molecule has 1 aromatic heterocycles. The van der Waals surface area contributed by atoms with E-state index in [9.17, 15) is 9.59 Å². The van der Waals surface area contributed by atoms with Gasteiger partial charge >= 0.3 is 5.97 Å². The summed E-state index contributed by atoms with van der Waals surface area (Å²) in [7, 11) is 0. The fraction of sp³-hybridized carbons (Fsp3) is 0.538. The Balaban J connectivity index is 1.79. The molecule has 1 N–H and O–H groups in total. The van der Waals surface area contributed by atoms with Crippen LogP contribution in [0.1, 0.15) is 30.6 Å². The molecule has 4 nitrogen and oxygen atoms in total. The number of aliphatic carboxylic acids is 1. The minimum absolute atomic E-state index is 0.0273. The molecule has 1 aromatic rings. The van der Waals surface area contributed by atoms with Crippen molar-refractivity contribution in [1.82, 2.24) is 4.90 Å². The highest BCUT2D eigenvalue weighted by atomic mass is 79.9. The molecule has 0 aromatic carbocycles. The molecule has 104 valence electrons. The molecule has 0 unspecified atom stereocenters. The van der Waals surface area contributed by atoms with Crippen molar-refractivity contribution in [3.05, 3.63) is 20.8 Å². The molecular weight excluding hydrogens is 330 g/mol. The molecule has 1 aliphatic heterocycles. The van der Waals surface area contributed by atoms with Crippen LogP contribution in [0.5, 0.6) is 0 Å². The number of hydrogen-bond acceptors (Lipinski definition) is 3. The molecule has 6 heteroatoms. The zero-order valence-electron chi connectivity index (χ0n) is 10.5. The molecule has 0 aliphatic carbocycles. The van der Waals surface area contributed by atoms with E-state index in [2.05, 4.69) is 22.0 Å². The van der Waals surface area contributed by atoms with Gasteiger partial charge in [-0.15, -0.1) is 11.3 Å². The molecule has 1 fully saturated rings. The van der Waals surface area contributed by atoms with Crippen LogP contribution in [-0.2, 0) is 16.0 Å². The highest BCUT2D eigenvalue weighted by Gasteiger charge is 2.33. The number of carbonyl (C=O) groups is 2. The lowest BCUT2D eigenvalue weighted by molar-refractivity contribution is -0.148. The highest BCUT2D eigenvalue weighted by molar-refractivity contribution is 9.11. The van der Waals surface area contributed by atoms with Gasteiger partial charge in [-0.2, -0.15) is 0 Å². The van der Waals surface area contributed by atoms with E-state index in [1.165, 1.54) is 9.78 Å². The topological polar surface area (TPSA) is 57.6 Å². The van der Waals surface area contributed by atoms with Gasteiger partial charge in [0.2, 0.25) is 5.91 Å². The summed E-state index contributed by atoms with van der Waals surface area (Å²) in [6, 6.07) is 3.45. The van der Waals surface area contributed by atoms with Crippen molar-refractivity contribution in [3.63, 3.8) is 0 Å². The first-order chi connectivity index (χ1) is 9.08. The second-order valence-electron chi connectivity index (χ2n) is 4.64. The molecular formula is C13H16BrNO3S. The van der Waals surface area contributed by atoms with Crippen molar-refractivity contribution in [2.24, 2.45) is 0 Å². The van der Waals surface area contributed by atoms with E-state index in [0.29, 0.717) is 19.4 Å². The van der Waals surface area contributed by atoms with Gasteiger partial charge in [-0.1, -0.05) is 0 Å². The van der Waals surface area contributed by atoms with Gasteiger partial charge in [-0.25, -0.2) is 4.79 Å². The van der Waals surface area contributed by atoms with Gasteiger partial charge in [-0.05, 0) is 53.7 Å². The average molecular weight is 346 g/mol. The quantitative estimate of drug-likeness (QED) is 0.892. The number of carboxylic acids is 1. The SMILES string of the molecule is O=C(O)[C@H]1CCCN1C(=O)CCCc1ccc(Br)s1. The molecule has 0 spiro atoms. The van der Waals surface area contributed by atoms with Crippen LogP contribution in [0.15, 0.2) is 15.9 Å². The Bertz CT molecular complexity index is 474. The molecule has 2 heterocycles. The number of amides is 1. The third-order valence-electron chi connectivity index (χ3n) is 3.30. The number of aryl methyl sites for hydroxylation is 1. The van der Waals surface area contributed by atoms with Crippen LogP contribution in [0.2, 0.25) is 0 Å². The van der Waals surface area contributed by atoms with Gasteiger partial charge in [0, 0.05) is 17.8 Å². The predicted molar refractivity (Wildman–Crippen MR) is 77.3 cm³/mol. The van der Waals surface area contributed by atoms with Gasteiger partial charge in [0.25, 0.3) is 0 Å². The zero-order chi connectivity index (χ0) is 13.8. The summed E-state index contributed by atoms with van der Waals surface area (Å²) in [5.74, 6) is -0.909. The molecule has 19 heavy (non-hydrogen) atoms. The van der Waals surface area contributed by atoms with Crippen LogP contribution >= 0.6 is 27.3 Å². The first-order valence-electron chi connectivity index (χ1n) is 6.34. The fourth-order valence-corrected chi connectivity index (χ4v) is 3.89. The second-order valence-corrected chi connectivity index (χ2v) is 7.19. The molecule has 2 rings (SSSR count). The molecule has 1 saturated heterocycles. The van der Waals surface area contributed by atoms with E-state index in [-0.39, 0.29) is 5.91 Å².